The molecule has 2 atom stereocenters. The molecular formula is C24H31ClN2O3. The number of nitrogens with zero attached hydrogens (tertiary/aromatic N) is 2. The topological polar surface area (TPSA) is 51.7 Å². The number of aromatic nitrogens is 1. The Hall–Kier alpha value is -2.11. The van der Waals surface area contributed by atoms with Crippen LogP contribution in [0.25, 0.3) is 11.1 Å². The molecule has 6 heteroatoms. The van der Waals surface area contributed by atoms with Crippen LogP contribution < -0.4 is 4.90 Å². The fraction of sp³-hybridized carbons (Fsp3) is 0.500. The zero-order chi connectivity index (χ0) is 22.4. The molecule has 162 valence electrons. The second-order valence-electron chi connectivity index (χ2n) is 9.10. The van der Waals surface area contributed by atoms with E-state index in [1.165, 1.54) is 7.11 Å². The summed E-state index contributed by atoms with van der Waals surface area (Å²) in [6.45, 7) is 12.4. The van der Waals surface area contributed by atoms with E-state index in [0.29, 0.717) is 5.02 Å². The molecule has 0 fully saturated rings. The predicted octanol–water partition coefficient (Wildman–Crippen LogP) is 5.51. The number of esters is 1. The van der Waals surface area contributed by atoms with Crippen LogP contribution in [0.1, 0.15) is 57.4 Å². The smallest absolute Gasteiger partial charge is 0.310 e. The predicted molar refractivity (Wildman–Crippen MR) is 121 cm³/mol. The number of fused-ring (bicyclic) bond motifs is 1. The molecule has 0 saturated heterocycles. The molecule has 0 radical (unpaired) electrons. The fourth-order valence-electron chi connectivity index (χ4n) is 4.33. The average molecular weight is 431 g/mol. The minimum Gasteiger partial charge on any atom is -0.469 e. The van der Waals surface area contributed by atoms with Crippen LogP contribution in [0, 0.1) is 6.92 Å². The van der Waals surface area contributed by atoms with Gasteiger partial charge in [0.15, 0.2) is 0 Å². The normalized spacial score (nSPS) is 21.0. The van der Waals surface area contributed by atoms with Crippen molar-refractivity contribution in [3.63, 3.8) is 0 Å². The lowest BCUT2D eigenvalue weighted by Gasteiger charge is -2.42. The highest BCUT2D eigenvalue weighted by molar-refractivity contribution is 6.30. The lowest BCUT2D eigenvalue weighted by atomic mass is 9.85. The number of pyridine rings is 1. The van der Waals surface area contributed by atoms with Crippen molar-refractivity contribution in [2.45, 2.75) is 65.2 Å². The number of aryl methyl sites for hydroxylation is 1. The van der Waals surface area contributed by atoms with E-state index in [9.17, 15) is 4.79 Å². The third-order valence-corrected chi connectivity index (χ3v) is 6.19. The Labute approximate surface area is 184 Å². The number of benzene rings is 1. The van der Waals surface area contributed by atoms with Crippen LogP contribution in [-0.4, -0.2) is 36.4 Å². The first-order valence-corrected chi connectivity index (χ1v) is 10.6. The molecule has 0 amide bonds. The Balaban J connectivity index is 2.29. The molecule has 0 N–H and O–H groups in total. The van der Waals surface area contributed by atoms with Crippen molar-refractivity contribution in [3.05, 3.63) is 46.1 Å². The van der Waals surface area contributed by atoms with Gasteiger partial charge in [-0.15, -0.1) is 0 Å². The Bertz CT molecular complexity index is 966. The van der Waals surface area contributed by atoms with Crippen molar-refractivity contribution in [2.75, 3.05) is 19.1 Å². The number of hydrogen-bond acceptors (Lipinski definition) is 5. The van der Waals surface area contributed by atoms with E-state index in [2.05, 4.69) is 39.5 Å². The number of methoxy groups -OCH3 is 1. The van der Waals surface area contributed by atoms with Gasteiger partial charge in [0, 0.05) is 29.2 Å². The van der Waals surface area contributed by atoms with Crippen molar-refractivity contribution in [3.8, 4) is 11.1 Å². The molecule has 0 aliphatic carbocycles. The summed E-state index contributed by atoms with van der Waals surface area (Å²) in [6.07, 6.45) is 0.161. The largest absolute Gasteiger partial charge is 0.469 e. The number of hydrogen-bond donors (Lipinski definition) is 0. The van der Waals surface area contributed by atoms with Crippen LogP contribution in [0.2, 0.25) is 5.02 Å². The molecule has 1 aromatic carbocycles. The minimum atomic E-state index is -0.578. The maximum Gasteiger partial charge on any atom is 0.310 e. The van der Waals surface area contributed by atoms with Gasteiger partial charge in [0.05, 0.1) is 19.1 Å². The van der Waals surface area contributed by atoms with Crippen LogP contribution in [-0.2, 0) is 20.7 Å². The molecule has 1 aliphatic rings. The summed E-state index contributed by atoms with van der Waals surface area (Å²) in [5, 5.41) is 0.668. The molecular weight excluding hydrogens is 400 g/mol. The van der Waals surface area contributed by atoms with Gasteiger partial charge in [-0.2, -0.15) is 0 Å². The molecule has 3 rings (SSSR count). The highest BCUT2D eigenvalue weighted by Crippen LogP contribution is 2.52. The van der Waals surface area contributed by atoms with Crippen molar-refractivity contribution in [1.82, 2.24) is 4.98 Å². The maximum atomic E-state index is 12.2. The Morgan fingerprint density at radius 2 is 1.87 bits per heavy atom. The summed E-state index contributed by atoms with van der Waals surface area (Å²) < 4.78 is 11.5. The quantitative estimate of drug-likeness (QED) is 0.598. The molecule has 0 bridgehead atoms. The highest BCUT2D eigenvalue weighted by Gasteiger charge is 2.50. The van der Waals surface area contributed by atoms with E-state index >= 15 is 0 Å². The third kappa shape index (κ3) is 3.93. The summed E-state index contributed by atoms with van der Waals surface area (Å²) in [5.41, 5.74) is 3.87. The van der Waals surface area contributed by atoms with Crippen LogP contribution in [0.3, 0.4) is 0 Å². The second-order valence-corrected chi connectivity index (χ2v) is 9.53. The van der Waals surface area contributed by atoms with Gasteiger partial charge in [0.1, 0.15) is 11.5 Å². The zero-order valence-electron chi connectivity index (χ0n) is 19.1. The number of halogens is 1. The van der Waals surface area contributed by atoms with Crippen molar-refractivity contribution < 1.29 is 14.3 Å². The number of anilines is 1. The van der Waals surface area contributed by atoms with Crippen molar-refractivity contribution in [1.29, 1.82) is 0 Å². The number of carbonyl (C=O) groups is 1. The van der Waals surface area contributed by atoms with Crippen LogP contribution in [0.15, 0.2) is 24.3 Å². The monoisotopic (exact) mass is 430 g/mol. The van der Waals surface area contributed by atoms with Gasteiger partial charge >= 0.3 is 5.97 Å². The maximum absolute atomic E-state index is 12.2. The van der Waals surface area contributed by atoms with E-state index in [1.807, 2.05) is 38.2 Å². The van der Waals surface area contributed by atoms with Crippen LogP contribution in [0.5, 0.6) is 0 Å². The number of carbonyl (C=O) groups excluding carboxylic acids is 1. The van der Waals surface area contributed by atoms with Crippen molar-refractivity contribution >= 4 is 23.4 Å². The van der Waals surface area contributed by atoms with E-state index in [-0.39, 0.29) is 23.9 Å². The summed E-state index contributed by atoms with van der Waals surface area (Å²) in [5.74, 6) is 0.611. The van der Waals surface area contributed by atoms with Gasteiger partial charge in [0.2, 0.25) is 0 Å². The Morgan fingerprint density at radius 3 is 2.40 bits per heavy atom. The molecule has 5 nitrogen and oxygen atoms in total. The second kappa shape index (κ2) is 7.86. The number of likely N-dealkylation sites (N-methyl/N-ethyl adjacent to an activating group) is 1. The first-order chi connectivity index (χ1) is 13.9. The molecule has 30 heavy (non-hydrogen) atoms. The molecule has 2 heterocycles. The SMILES string of the molecule is COC(=O)Cc1c(C)nc2c(c1-c1ccc(Cl)cc1)C(C)C(C)(OC(C)(C)C)N2C. The summed E-state index contributed by atoms with van der Waals surface area (Å²) >= 11 is 6.15. The zero-order valence-corrected chi connectivity index (χ0v) is 19.8. The Kier molecular flexibility index (Phi) is 5.91. The van der Waals surface area contributed by atoms with Gasteiger partial charge in [-0.3, -0.25) is 4.79 Å². The lowest BCUT2D eigenvalue weighted by Crippen LogP contribution is -2.50. The van der Waals surface area contributed by atoms with E-state index < -0.39 is 5.72 Å². The molecule has 1 aromatic heterocycles. The van der Waals surface area contributed by atoms with Crippen LogP contribution >= 0.6 is 11.6 Å². The van der Waals surface area contributed by atoms with E-state index in [4.69, 9.17) is 26.1 Å². The highest BCUT2D eigenvalue weighted by atomic mass is 35.5. The molecule has 1 aliphatic heterocycles. The third-order valence-electron chi connectivity index (χ3n) is 5.94. The Morgan fingerprint density at radius 1 is 1.27 bits per heavy atom. The fourth-order valence-corrected chi connectivity index (χ4v) is 4.46. The molecule has 2 unspecified atom stereocenters. The molecule has 0 spiro atoms. The van der Waals surface area contributed by atoms with Gasteiger partial charge in [-0.1, -0.05) is 30.7 Å². The van der Waals surface area contributed by atoms with Gasteiger partial charge < -0.3 is 14.4 Å². The molecule has 2 aromatic rings. The lowest BCUT2D eigenvalue weighted by molar-refractivity contribution is -0.139. The minimum absolute atomic E-state index is 0.0203. The summed E-state index contributed by atoms with van der Waals surface area (Å²) in [4.78, 5) is 19.3. The summed E-state index contributed by atoms with van der Waals surface area (Å²) in [7, 11) is 3.43. The molecule has 0 saturated carbocycles. The summed E-state index contributed by atoms with van der Waals surface area (Å²) in [6, 6.07) is 7.72. The standard InChI is InChI=1S/C24H31ClN2O3/c1-14-20-21(16-9-11-17(25)12-10-16)18(13-19(28)29-8)15(2)26-22(20)27(7)24(14,6)30-23(3,4)5/h9-12,14H,13H2,1-8H3. The average Bonchev–Trinajstić information content (AvgIpc) is 2.83. The first-order valence-electron chi connectivity index (χ1n) is 10.2. The van der Waals surface area contributed by atoms with Gasteiger partial charge in [0.25, 0.3) is 0 Å². The first kappa shape index (κ1) is 22.6. The van der Waals surface area contributed by atoms with Crippen molar-refractivity contribution in [2.24, 2.45) is 0 Å². The van der Waals surface area contributed by atoms with Crippen LogP contribution in [0.4, 0.5) is 5.82 Å². The van der Waals surface area contributed by atoms with Gasteiger partial charge in [-0.25, -0.2) is 4.98 Å². The van der Waals surface area contributed by atoms with E-state index in [1.54, 1.807) is 0 Å². The number of rotatable bonds is 4. The van der Waals surface area contributed by atoms with E-state index in [0.717, 1.165) is 33.8 Å². The number of ether oxygens (including phenoxy) is 2. The van der Waals surface area contributed by atoms with Gasteiger partial charge in [-0.05, 0) is 63.4 Å².